The van der Waals surface area contributed by atoms with Crippen LogP contribution in [-0.2, 0) is 14.3 Å². The molecule has 1 aliphatic heterocycles. The zero-order valence-corrected chi connectivity index (χ0v) is 16.8. The molecule has 144 valence electrons. The van der Waals surface area contributed by atoms with Crippen LogP contribution in [0.2, 0.25) is 0 Å². The Bertz CT molecular complexity index is 1070. The van der Waals surface area contributed by atoms with Crippen molar-refractivity contribution >= 4 is 34.4 Å². The topological polar surface area (TPSA) is 43.4 Å². The lowest BCUT2D eigenvalue weighted by Gasteiger charge is -2.70. The summed E-state index contributed by atoms with van der Waals surface area (Å²) in [4.78, 5) is 23.7. The number of rotatable bonds is 1. The van der Waals surface area contributed by atoms with Gasteiger partial charge >= 0.3 is 11.9 Å². The number of carbonyl (C=O) groups is 2. The number of hydrogen-bond donors (Lipinski definition) is 0. The largest absolute Gasteiger partial charge is 0.386 e. The Hall–Kier alpha value is -1.68. The Labute approximate surface area is 168 Å². The van der Waals surface area contributed by atoms with Crippen LogP contribution < -0.4 is 9.75 Å². The lowest BCUT2D eigenvalue weighted by Crippen LogP contribution is -2.63. The molecule has 0 spiro atoms. The van der Waals surface area contributed by atoms with E-state index in [2.05, 4.69) is 11.4 Å². The summed E-state index contributed by atoms with van der Waals surface area (Å²) in [6.45, 7) is 1.98. The van der Waals surface area contributed by atoms with Crippen LogP contribution in [-0.4, -0.2) is 11.9 Å². The Kier molecular flexibility index (Phi) is 3.04. The van der Waals surface area contributed by atoms with Crippen molar-refractivity contribution in [2.24, 2.45) is 47.3 Å². The van der Waals surface area contributed by atoms with E-state index in [9.17, 15) is 9.59 Å². The summed E-state index contributed by atoms with van der Waals surface area (Å²) in [6, 6.07) is 2.15. The monoisotopic (exact) mass is 392 g/mol. The molecule has 7 aliphatic carbocycles. The molecule has 3 nitrogen and oxygen atoms in total. The second kappa shape index (κ2) is 5.27. The van der Waals surface area contributed by atoms with Crippen molar-refractivity contribution in [3.05, 3.63) is 32.8 Å². The first kappa shape index (κ1) is 16.2. The van der Waals surface area contributed by atoms with Crippen LogP contribution in [0.3, 0.4) is 0 Å². The molecule has 7 saturated carbocycles. The summed E-state index contributed by atoms with van der Waals surface area (Å²) in [6.07, 6.45) is 8.61. The molecule has 5 unspecified atom stereocenters. The normalized spacial score (nSPS) is 47.7. The highest BCUT2D eigenvalue weighted by molar-refractivity contribution is 7.07. The molecule has 0 N–H and O–H groups in total. The van der Waals surface area contributed by atoms with Gasteiger partial charge in [0.05, 0.1) is 5.57 Å². The third kappa shape index (κ3) is 1.86. The Morgan fingerprint density at radius 3 is 2.36 bits per heavy atom. The van der Waals surface area contributed by atoms with Crippen LogP contribution in [0.5, 0.6) is 0 Å². The maximum Gasteiger partial charge on any atom is 0.346 e. The Morgan fingerprint density at radius 2 is 1.68 bits per heavy atom. The van der Waals surface area contributed by atoms with E-state index in [1.165, 1.54) is 42.7 Å². The lowest BCUT2D eigenvalue weighted by molar-refractivity contribution is -0.163. The molecule has 7 fully saturated rings. The average Bonchev–Trinajstić information content (AvgIpc) is 3.30. The van der Waals surface area contributed by atoms with E-state index in [1.54, 1.807) is 5.57 Å². The predicted octanol–water partition coefficient (Wildman–Crippen LogP) is 3.03. The number of thiophene rings is 1. The number of carbonyl (C=O) groups excluding carboxylic acids is 2. The van der Waals surface area contributed by atoms with Crippen LogP contribution in [0.4, 0.5) is 0 Å². The molecule has 28 heavy (non-hydrogen) atoms. The molecule has 9 rings (SSSR count). The molecule has 0 aromatic carbocycles. The fourth-order valence-electron chi connectivity index (χ4n) is 8.60. The van der Waals surface area contributed by atoms with E-state index in [0.29, 0.717) is 5.57 Å². The van der Waals surface area contributed by atoms with Crippen LogP contribution in [0.1, 0.15) is 39.0 Å². The summed E-state index contributed by atoms with van der Waals surface area (Å²) >= 11 is 1.85. The smallest absolute Gasteiger partial charge is 0.346 e. The molecule has 2 heterocycles. The van der Waals surface area contributed by atoms with Crippen LogP contribution >= 0.6 is 11.3 Å². The van der Waals surface area contributed by atoms with Crippen molar-refractivity contribution in [1.82, 2.24) is 0 Å². The molecular formula is C24H24O3S. The molecule has 8 aliphatic rings. The maximum atomic E-state index is 12.1. The van der Waals surface area contributed by atoms with Gasteiger partial charge in [0.2, 0.25) is 0 Å². The van der Waals surface area contributed by atoms with E-state index in [4.69, 9.17) is 4.74 Å². The quantitative estimate of drug-likeness (QED) is 0.545. The minimum absolute atomic E-state index is 0.440. The van der Waals surface area contributed by atoms with Gasteiger partial charge in [0.1, 0.15) is 0 Å². The number of hydrogen-bond acceptors (Lipinski definition) is 4. The minimum Gasteiger partial charge on any atom is -0.386 e. The van der Waals surface area contributed by atoms with E-state index in [-0.39, 0.29) is 0 Å². The highest BCUT2D eigenvalue weighted by Gasteiger charge is 2.65. The van der Waals surface area contributed by atoms with Gasteiger partial charge in [0.15, 0.2) is 0 Å². The number of esters is 2. The van der Waals surface area contributed by atoms with Crippen LogP contribution in [0.15, 0.2) is 23.1 Å². The van der Waals surface area contributed by atoms with Crippen LogP contribution in [0, 0.1) is 47.3 Å². The second-order valence-corrected chi connectivity index (χ2v) is 11.0. The van der Waals surface area contributed by atoms with E-state index in [0.717, 1.165) is 58.1 Å². The molecular weight excluding hydrogens is 368 g/mol. The van der Waals surface area contributed by atoms with Crippen molar-refractivity contribution in [2.75, 3.05) is 0 Å². The Morgan fingerprint density at radius 1 is 1.00 bits per heavy atom. The fourth-order valence-corrected chi connectivity index (χ4v) is 9.73. The van der Waals surface area contributed by atoms with Crippen molar-refractivity contribution < 1.29 is 14.3 Å². The first-order valence-electron chi connectivity index (χ1n) is 10.9. The van der Waals surface area contributed by atoms with Crippen LogP contribution in [0.25, 0.3) is 11.1 Å². The minimum atomic E-state index is -0.535. The summed E-state index contributed by atoms with van der Waals surface area (Å²) in [5.74, 6) is 6.35. The van der Waals surface area contributed by atoms with Gasteiger partial charge in [-0.3, -0.25) is 0 Å². The molecule has 1 aromatic heterocycles. The zero-order chi connectivity index (χ0) is 18.7. The summed E-state index contributed by atoms with van der Waals surface area (Å²) < 4.78 is 6.16. The highest BCUT2D eigenvalue weighted by atomic mass is 32.1. The average molecular weight is 393 g/mol. The first-order valence-corrected chi connectivity index (χ1v) is 11.7. The SMILES string of the molecule is C/C(C1=CC(=O)OC1=O)=c1\ccs\c1=C1\[C@H]2CC3C4CC5CC3[C@@H]1C(C5)[C@H]4C2. The van der Waals surface area contributed by atoms with Gasteiger partial charge in [0, 0.05) is 10.6 Å². The van der Waals surface area contributed by atoms with Gasteiger partial charge in [-0.05, 0) is 114 Å². The first-order chi connectivity index (χ1) is 13.6. The molecule has 0 saturated heterocycles. The van der Waals surface area contributed by atoms with Crippen molar-refractivity contribution in [3.8, 4) is 0 Å². The summed E-state index contributed by atoms with van der Waals surface area (Å²) in [7, 11) is 0. The highest BCUT2D eigenvalue weighted by Crippen LogP contribution is 2.72. The van der Waals surface area contributed by atoms with Crippen molar-refractivity contribution in [2.45, 2.75) is 39.0 Å². The lowest BCUT2D eigenvalue weighted by atomic mass is 9.35. The number of ether oxygens (including phenoxy) is 1. The third-order valence-electron chi connectivity index (χ3n) is 9.26. The van der Waals surface area contributed by atoms with E-state index < -0.39 is 11.9 Å². The van der Waals surface area contributed by atoms with Gasteiger partial charge in [-0.15, -0.1) is 11.3 Å². The summed E-state index contributed by atoms with van der Waals surface area (Å²) in [5, 5.41) is 3.33. The molecule has 8 atom stereocenters. The predicted molar refractivity (Wildman–Crippen MR) is 106 cm³/mol. The molecule has 4 heteroatoms. The molecule has 8 bridgehead atoms. The van der Waals surface area contributed by atoms with Gasteiger partial charge < -0.3 is 4.74 Å². The van der Waals surface area contributed by atoms with Gasteiger partial charge in [-0.1, -0.05) is 0 Å². The fraction of sp³-hybridized carbons (Fsp3) is 0.583. The van der Waals surface area contributed by atoms with Gasteiger partial charge in [0.25, 0.3) is 0 Å². The molecule has 1 aromatic rings. The number of cyclic esters (lactones) is 2. The molecule has 0 radical (unpaired) electrons. The van der Waals surface area contributed by atoms with E-state index in [1.807, 2.05) is 18.3 Å². The Balaban J connectivity index is 1.46. The zero-order valence-electron chi connectivity index (χ0n) is 16.0. The van der Waals surface area contributed by atoms with Crippen molar-refractivity contribution in [1.29, 1.82) is 0 Å². The van der Waals surface area contributed by atoms with Gasteiger partial charge in [-0.2, -0.15) is 0 Å². The summed E-state index contributed by atoms with van der Waals surface area (Å²) in [5.41, 5.74) is 3.07. The van der Waals surface area contributed by atoms with E-state index >= 15 is 0 Å². The van der Waals surface area contributed by atoms with Crippen molar-refractivity contribution in [3.63, 3.8) is 0 Å². The maximum absolute atomic E-state index is 12.1. The third-order valence-corrected chi connectivity index (χ3v) is 10.2. The second-order valence-electron chi connectivity index (χ2n) is 10.1. The molecule has 0 amide bonds. The van der Waals surface area contributed by atoms with Gasteiger partial charge in [-0.25, -0.2) is 9.59 Å². The standard InChI is InChI=1S/C24H24O3S/c1-10(14-9-20(25)27-24(14)26)13-2-3-28-23(13)21-12-7-16-15-4-11-5-18(16)22(21)19(6-11)17(15)8-12/h2-3,9,11-12,15-19,22H,4-8H2,1H3/b13-10-,23-21-/t11?,12-,15?,16+,17?,18?,19?,22+/m1/s1.